The van der Waals surface area contributed by atoms with Crippen LogP contribution in [0.3, 0.4) is 0 Å². The van der Waals surface area contributed by atoms with Gasteiger partial charge < -0.3 is 10.5 Å². The predicted molar refractivity (Wildman–Crippen MR) is 60.7 cm³/mol. The van der Waals surface area contributed by atoms with E-state index in [9.17, 15) is 0 Å². The molecule has 0 amide bonds. The van der Waals surface area contributed by atoms with Crippen LogP contribution < -0.4 is 10.5 Å². The highest BCUT2D eigenvalue weighted by Gasteiger charge is 2.11. The van der Waals surface area contributed by atoms with Crippen molar-refractivity contribution in [3.8, 4) is 5.75 Å². The van der Waals surface area contributed by atoms with E-state index in [-0.39, 0.29) is 5.54 Å². The van der Waals surface area contributed by atoms with Crippen LogP contribution in [-0.4, -0.2) is 17.1 Å². The Labute approximate surface area is 91.8 Å². The summed E-state index contributed by atoms with van der Waals surface area (Å²) >= 11 is 2.15. The van der Waals surface area contributed by atoms with Crippen molar-refractivity contribution in [2.75, 3.05) is 6.61 Å². The van der Waals surface area contributed by atoms with Crippen LogP contribution in [0.15, 0.2) is 18.3 Å². The van der Waals surface area contributed by atoms with Crippen LogP contribution in [0.2, 0.25) is 0 Å². The summed E-state index contributed by atoms with van der Waals surface area (Å²) in [5, 5.41) is 0. The molecule has 0 aliphatic heterocycles. The van der Waals surface area contributed by atoms with Crippen molar-refractivity contribution in [2.24, 2.45) is 5.73 Å². The van der Waals surface area contributed by atoms with E-state index in [0.29, 0.717) is 6.61 Å². The average molecular weight is 292 g/mol. The van der Waals surface area contributed by atoms with Gasteiger partial charge in [0.15, 0.2) is 0 Å². The zero-order valence-electron chi connectivity index (χ0n) is 7.75. The van der Waals surface area contributed by atoms with Gasteiger partial charge >= 0.3 is 0 Å². The van der Waals surface area contributed by atoms with Gasteiger partial charge in [0.25, 0.3) is 0 Å². The zero-order chi connectivity index (χ0) is 9.90. The summed E-state index contributed by atoms with van der Waals surface area (Å²) in [5.41, 5.74) is 5.46. The van der Waals surface area contributed by atoms with Gasteiger partial charge in [-0.15, -0.1) is 0 Å². The molecule has 0 bridgehead atoms. The molecule has 0 aliphatic carbocycles. The third kappa shape index (κ3) is 4.42. The first kappa shape index (κ1) is 10.7. The van der Waals surface area contributed by atoms with E-state index in [1.165, 1.54) is 0 Å². The van der Waals surface area contributed by atoms with E-state index in [0.717, 1.165) is 9.45 Å². The van der Waals surface area contributed by atoms with E-state index < -0.39 is 0 Å². The Morgan fingerprint density at radius 3 is 2.69 bits per heavy atom. The molecule has 0 spiro atoms. The molecule has 1 aromatic rings. The number of ether oxygens (including phenoxy) is 1. The van der Waals surface area contributed by atoms with Crippen LogP contribution >= 0.6 is 22.6 Å². The van der Waals surface area contributed by atoms with Crippen LogP contribution in [0, 0.1) is 3.70 Å². The number of hydrogen-bond donors (Lipinski definition) is 1. The second-order valence-electron chi connectivity index (χ2n) is 3.59. The zero-order valence-corrected chi connectivity index (χ0v) is 9.91. The van der Waals surface area contributed by atoms with Gasteiger partial charge in [-0.2, -0.15) is 0 Å². The van der Waals surface area contributed by atoms with Crippen molar-refractivity contribution in [2.45, 2.75) is 19.4 Å². The molecule has 13 heavy (non-hydrogen) atoms. The number of nitrogens with zero attached hydrogens (tertiary/aromatic N) is 1. The number of hydrogen-bond acceptors (Lipinski definition) is 3. The minimum absolute atomic E-state index is 0.303. The molecular formula is C9H13IN2O. The van der Waals surface area contributed by atoms with Crippen molar-refractivity contribution in [1.82, 2.24) is 4.98 Å². The Kier molecular flexibility index (Phi) is 3.49. The highest BCUT2D eigenvalue weighted by atomic mass is 127. The Hall–Kier alpha value is -0.360. The Morgan fingerprint density at radius 1 is 1.54 bits per heavy atom. The van der Waals surface area contributed by atoms with Crippen LogP contribution in [0.25, 0.3) is 0 Å². The van der Waals surface area contributed by atoms with E-state index in [1.54, 1.807) is 6.20 Å². The maximum atomic E-state index is 5.77. The van der Waals surface area contributed by atoms with E-state index in [2.05, 4.69) is 27.6 Å². The minimum atomic E-state index is -0.303. The highest BCUT2D eigenvalue weighted by Crippen LogP contribution is 2.11. The predicted octanol–water partition coefficient (Wildman–Crippen LogP) is 1.80. The molecule has 72 valence electrons. The molecule has 0 aromatic carbocycles. The second-order valence-corrected chi connectivity index (χ2v) is 4.70. The number of pyridine rings is 1. The molecule has 0 aliphatic rings. The summed E-state index contributed by atoms with van der Waals surface area (Å²) in [6.45, 7) is 4.34. The van der Waals surface area contributed by atoms with Crippen LogP contribution in [0.1, 0.15) is 13.8 Å². The number of rotatable bonds is 3. The molecule has 1 heterocycles. The largest absolute Gasteiger partial charge is 0.490 e. The molecule has 0 atom stereocenters. The molecule has 3 nitrogen and oxygen atoms in total. The summed E-state index contributed by atoms with van der Waals surface area (Å²) in [4.78, 5) is 4.10. The highest BCUT2D eigenvalue weighted by molar-refractivity contribution is 14.1. The van der Waals surface area contributed by atoms with Crippen molar-refractivity contribution >= 4 is 22.6 Å². The van der Waals surface area contributed by atoms with Crippen LogP contribution in [0.4, 0.5) is 0 Å². The lowest BCUT2D eigenvalue weighted by molar-refractivity contribution is 0.242. The van der Waals surface area contributed by atoms with Crippen molar-refractivity contribution < 1.29 is 4.74 Å². The second kappa shape index (κ2) is 4.23. The van der Waals surface area contributed by atoms with E-state index >= 15 is 0 Å². The lowest BCUT2D eigenvalue weighted by Crippen LogP contribution is -2.38. The van der Waals surface area contributed by atoms with Gasteiger partial charge in [-0.1, -0.05) is 0 Å². The summed E-state index contributed by atoms with van der Waals surface area (Å²) < 4.78 is 6.39. The molecule has 0 fully saturated rings. The standard InChI is InChI=1S/C9H13IN2O/c1-9(2,11)6-13-7-3-4-8(10)12-5-7/h3-5H,6,11H2,1-2H3. The van der Waals surface area contributed by atoms with Gasteiger partial charge in [0.2, 0.25) is 0 Å². The summed E-state index contributed by atoms with van der Waals surface area (Å²) in [6, 6.07) is 3.79. The number of halogens is 1. The van der Waals surface area contributed by atoms with Crippen molar-refractivity contribution in [3.63, 3.8) is 0 Å². The lowest BCUT2D eigenvalue weighted by Gasteiger charge is -2.18. The molecular weight excluding hydrogens is 279 g/mol. The molecule has 1 rings (SSSR count). The quantitative estimate of drug-likeness (QED) is 0.682. The third-order valence-corrected chi connectivity index (χ3v) is 1.95. The molecule has 0 unspecified atom stereocenters. The van der Waals surface area contributed by atoms with Crippen LogP contribution in [0.5, 0.6) is 5.75 Å². The molecule has 1 aromatic heterocycles. The molecule has 2 N–H and O–H groups in total. The topological polar surface area (TPSA) is 48.1 Å². The minimum Gasteiger partial charge on any atom is -0.490 e. The van der Waals surface area contributed by atoms with Gasteiger partial charge in [-0.25, -0.2) is 4.98 Å². The molecule has 0 radical (unpaired) electrons. The van der Waals surface area contributed by atoms with Crippen molar-refractivity contribution in [3.05, 3.63) is 22.0 Å². The first-order chi connectivity index (χ1) is 5.97. The number of nitrogens with two attached hydrogens (primary N) is 1. The van der Waals surface area contributed by atoms with E-state index in [1.807, 2.05) is 26.0 Å². The SMILES string of the molecule is CC(C)(N)COc1ccc(I)nc1. The fourth-order valence-electron chi connectivity index (χ4n) is 0.717. The smallest absolute Gasteiger partial charge is 0.137 e. The summed E-state index contributed by atoms with van der Waals surface area (Å²) in [5.74, 6) is 0.763. The van der Waals surface area contributed by atoms with Crippen LogP contribution in [-0.2, 0) is 0 Å². The molecule has 4 heteroatoms. The Balaban J connectivity index is 2.51. The Morgan fingerprint density at radius 2 is 2.23 bits per heavy atom. The maximum Gasteiger partial charge on any atom is 0.137 e. The fourth-order valence-corrected chi connectivity index (χ4v) is 1.04. The molecule has 0 saturated carbocycles. The maximum absolute atomic E-state index is 5.77. The van der Waals surface area contributed by atoms with Gasteiger partial charge in [0, 0.05) is 5.54 Å². The lowest BCUT2D eigenvalue weighted by atomic mass is 10.1. The van der Waals surface area contributed by atoms with Gasteiger partial charge in [-0.05, 0) is 48.6 Å². The average Bonchev–Trinajstić information content (AvgIpc) is 2.02. The third-order valence-electron chi connectivity index (χ3n) is 1.31. The van der Waals surface area contributed by atoms with Gasteiger partial charge in [0.1, 0.15) is 16.1 Å². The molecule has 0 saturated heterocycles. The fraction of sp³-hybridized carbons (Fsp3) is 0.444. The Bertz CT molecular complexity index is 266. The van der Waals surface area contributed by atoms with E-state index in [4.69, 9.17) is 10.5 Å². The normalized spacial score (nSPS) is 11.4. The monoisotopic (exact) mass is 292 g/mol. The number of aromatic nitrogens is 1. The van der Waals surface area contributed by atoms with Gasteiger partial charge in [0.05, 0.1) is 6.20 Å². The summed E-state index contributed by atoms with van der Waals surface area (Å²) in [6.07, 6.45) is 1.70. The van der Waals surface area contributed by atoms with Gasteiger partial charge in [-0.3, -0.25) is 0 Å². The summed E-state index contributed by atoms with van der Waals surface area (Å²) in [7, 11) is 0. The first-order valence-electron chi connectivity index (χ1n) is 4.01. The van der Waals surface area contributed by atoms with Crippen molar-refractivity contribution in [1.29, 1.82) is 0 Å². The first-order valence-corrected chi connectivity index (χ1v) is 5.08.